The van der Waals surface area contributed by atoms with Crippen molar-refractivity contribution < 1.29 is 4.74 Å². The Balaban J connectivity index is 2.87. The van der Waals surface area contributed by atoms with Crippen molar-refractivity contribution in [2.45, 2.75) is 58.6 Å². The van der Waals surface area contributed by atoms with E-state index < -0.39 is 0 Å². The molecule has 1 aromatic heterocycles. The monoisotopic (exact) mass is 342 g/mol. The second kappa shape index (κ2) is 8.75. The molecule has 0 amide bonds. The Morgan fingerprint density at radius 2 is 2.10 bits per heavy atom. The second-order valence-corrected chi connectivity index (χ2v) is 6.24. The van der Waals surface area contributed by atoms with Crippen LogP contribution in [0.25, 0.3) is 0 Å². The van der Waals surface area contributed by atoms with E-state index in [9.17, 15) is 0 Å². The summed E-state index contributed by atoms with van der Waals surface area (Å²) >= 11 is 3.49. The van der Waals surface area contributed by atoms with Gasteiger partial charge in [-0.25, -0.2) is 0 Å². The molecular formula is C16H27BrN2O. The van der Waals surface area contributed by atoms with Gasteiger partial charge in [0.25, 0.3) is 0 Å². The standard InChI is InChI=1S/C16H27BrN2O/c1-5-8-19-15(16(4,6-2)20-7-3)10-13-9-14(17)12-18-11-13/h9,11-12,15,19H,5-8,10H2,1-4H3. The highest BCUT2D eigenvalue weighted by Crippen LogP contribution is 2.24. The predicted molar refractivity (Wildman–Crippen MR) is 88.0 cm³/mol. The zero-order valence-corrected chi connectivity index (χ0v) is 14.7. The SMILES string of the molecule is CCCNC(Cc1cncc(Br)c1)C(C)(CC)OCC. The summed E-state index contributed by atoms with van der Waals surface area (Å²) in [6, 6.07) is 2.43. The minimum Gasteiger partial charge on any atom is -0.374 e. The number of nitrogens with one attached hydrogen (secondary N) is 1. The van der Waals surface area contributed by atoms with Gasteiger partial charge in [-0.1, -0.05) is 13.8 Å². The summed E-state index contributed by atoms with van der Waals surface area (Å²) in [6.45, 7) is 10.4. The van der Waals surface area contributed by atoms with Gasteiger partial charge in [0.2, 0.25) is 0 Å². The van der Waals surface area contributed by atoms with Gasteiger partial charge in [-0.3, -0.25) is 4.98 Å². The molecule has 0 saturated heterocycles. The summed E-state index contributed by atoms with van der Waals surface area (Å²) in [6.07, 6.45) is 6.80. The third-order valence-corrected chi connectivity index (χ3v) is 4.19. The van der Waals surface area contributed by atoms with Crippen LogP contribution in [0, 0.1) is 0 Å². The van der Waals surface area contributed by atoms with Gasteiger partial charge >= 0.3 is 0 Å². The highest BCUT2D eigenvalue weighted by molar-refractivity contribution is 9.10. The maximum atomic E-state index is 6.05. The molecule has 20 heavy (non-hydrogen) atoms. The lowest BCUT2D eigenvalue weighted by molar-refractivity contribution is -0.0549. The maximum absolute atomic E-state index is 6.05. The van der Waals surface area contributed by atoms with Gasteiger partial charge in [0.15, 0.2) is 0 Å². The van der Waals surface area contributed by atoms with Crippen LogP contribution in [0.4, 0.5) is 0 Å². The first-order valence-corrected chi connectivity index (χ1v) is 8.31. The van der Waals surface area contributed by atoms with Crippen LogP contribution in [0.2, 0.25) is 0 Å². The number of hydrogen-bond donors (Lipinski definition) is 1. The average molecular weight is 343 g/mol. The molecule has 2 atom stereocenters. The van der Waals surface area contributed by atoms with Gasteiger partial charge in [-0.2, -0.15) is 0 Å². The highest BCUT2D eigenvalue weighted by Gasteiger charge is 2.32. The predicted octanol–water partition coefficient (Wildman–Crippen LogP) is 3.96. The Kier molecular flexibility index (Phi) is 7.70. The molecule has 1 aromatic rings. The number of pyridine rings is 1. The lowest BCUT2D eigenvalue weighted by Crippen LogP contribution is -2.51. The quantitative estimate of drug-likeness (QED) is 0.737. The zero-order valence-electron chi connectivity index (χ0n) is 13.1. The van der Waals surface area contributed by atoms with Crippen LogP contribution >= 0.6 is 15.9 Å². The molecule has 4 heteroatoms. The first kappa shape index (κ1) is 17.6. The first-order valence-electron chi connectivity index (χ1n) is 7.52. The summed E-state index contributed by atoms with van der Waals surface area (Å²) in [5, 5.41) is 3.65. The fourth-order valence-electron chi connectivity index (χ4n) is 2.40. The van der Waals surface area contributed by atoms with Crippen molar-refractivity contribution in [3.8, 4) is 0 Å². The first-order chi connectivity index (χ1) is 9.55. The van der Waals surface area contributed by atoms with Gasteiger partial charge in [-0.15, -0.1) is 0 Å². The van der Waals surface area contributed by atoms with E-state index >= 15 is 0 Å². The summed E-state index contributed by atoms with van der Waals surface area (Å²) < 4.78 is 7.07. The maximum Gasteiger partial charge on any atom is 0.0807 e. The van der Waals surface area contributed by atoms with Crippen LogP contribution in [-0.2, 0) is 11.2 Å². The van der Waals surface area contributed by atoms with E-state index in [1.54, 1.807) is 0 Å². The molecular weight excluding hydrogens is 316 g/mol. The van der Waals surface area contributed by atoms with E-state index in [0.29, 0.717) is 6.04 Å². The van der Waals surface area contributed by atoms with Crippen LogP contribution in [0.3, 0.4) is 0 Å². The van der Waals surface area contributed by atoms with Crippen LogP contribution in [-0.4, -0.2) is 29.8 Å². The number of rotatable bonds is 9. The fraction of sp³-hybridized carbons (Fsp3) is 0.688. The Hall–Kier alpha value is -0.450. The molecule has 0 aliphatic rings. The van der Waals surface area contributed by atoms with E-state index in [4.69, 9.17) is 4.74 Å². The number of aromatic nitrogens is 1. The summed E-state index contributed by atoms with van der Waals surface area (Å²) in [5.41, 5.74) is 1.08. The minimum absolute atomic E-state index is 0.147. The number of halogens is 1. The van der Waals surface area contributed by atoms with E-state index in [1.807, 2.05) is 12.4 Å². The van der Waals surface area contributed by atoms with Gasteiger partial charge in [0.05, 0.1) is 5.60 Å². The molecule has 114 valence electrons. The Morgan fingerprint density at radius 1 is 1.35 bits per heavy atom. The molecule has 1 N–H and O–H groups in total. The van der Waals surface area contributed by atoms with Crippen LogP contribution in [0.15, 0.2) is 22.9 Å². The smallest absolute Gasteiger partial charge is 0.0807 e. The van der Waals surface area contributed by atoms with Crippen molar-refractivity contribution in [2.75, 3.05) is 13.2 Å². The van der Waals surface area contributed by atoms with E-state index in [0.717, 1.165) is 36.9 Å². The third kappa shape index (κ3) is 5.15. The van der Waals surface area contributed by atoms with Crippen LogP contribution in [0.5, 0.6) is 0 Å². The van der Waals surface area contributed by atoms with E-state index in [2.05, 4.69) is 60.0 Å². The normalized spacial score (nSPS) is 15.8. The lowest BCUT2D eigenvalue weighted by atomic mass is 9.88. The van der Waals surface area contributed by atoms with E-state index in [-0.39, 0.29) is 5.60 Å². The number of hydrogen-bond acceptors (Lipinski definition) is 3. The Morgan fingerprint density at radius 3 is 2.65 bits per heavy atom. The van der Waals surface area contributed by atoms with Crippen LogP contribution in [0.1, 0.15) is 46.1 Å². The second-order valence-electron chi connectivity index (χ2n) is 5.32. The van der Waals surface area contributed by atoms with Gasteiger partial charge < -0.3 is 10.1 Å². The topological polar surface area (TPSA) is 34.2 Å². The van der Waals surface area contributed by atoms with Gasteiger partial charge in [-0.05, 0) is 67.2 Å². The average Bonchev–Trinajstić information content (AvgIpc) is 2.43. The molecule has 2 unspecified atom stereocenters. The largest absolute Gasteiger partial charge is 0.374 e. The molecule has 0 bridgehead atoms. The molecule has 1 rings (SSSR count). The van der Waals surface area contributed by atoms with Crippen molar-refractivity contribution in [2.24, 2.45) is 0 Å². The molecule has 0 saturated carbocycles. The Bertz CT molecular complexity index is 400. The fourth-order valence-corrected chi connectivity index (χ4v) is 2.82. The van der Waals surface area contributed by atoms with Crippen molar-refractivity contribution in [3.63, 3.8) is 0 Å². The molecule has 0 aromatic carbocycles. The molecule has 0 radical (unpaired) electrons. The summed E-state index contributed by atoms with van der Waals surface area (Å²) in [4.78, 5) is 4.26. The van der Waals surface area contributed by atoms with Gasteiger partial charge in [0.1, 0.15) is 0 Å². The number of nitrogens with zero attached hydrogens (tertiary/aromatic N) is 1. The minimum atomic E-state index is -0.147. The molecule has 0 aliphatic carbocycles. The molecule has 0 fully saturated rings. The molecule has 1 heterocycles. The lowest BCUT2D eigenvalue weighted by Gasteiger charge is -2.37. The molecule has 0 aliphatic heterocycles. The summed E-state index contributed by atoms with van der Waals surface area (Å²) in [5.74, 6) is 0. The van der Waals surface area contributed by atoms with Crippen LogP contribution < -0.4 is 5.32 Å². The third-order valence-electron chi connectivity index (χ3n) is 3.76. The zero-order chi connectivity index (χ0) is 15.0. The number of ether oxygens (including phenoxy) is 1. The summed E-state index contributed by atoms with van der Waals surface area (Å²) in [7, 11) is 0. The molecule has 3 nitrogen and oxygen atoms in total. The van der Waals surface area contributed by atoms with Crippen molar-refractivity contribution in [1.82, 2.24) is 10.3 Å². The Labute approximate surface area is 131 Å². The van der Waals surface area contributed by atoms with Crippen molar-refractivity contribution in [3.05, 3.63) is 28.5 Å². The van der Waals surface area contributed by atoms with E-state index in [1.165, 1.54) is 5.56 Å². The molecule has 0 spiro atoms. The highest BCUT2D eigenvalue weighted by atomic mass is 79.9. The van der Waals surface area contributed by atoms with Crippen molar-refractivity contribution in [1.29, 1.82) is 0 Å². The van der Waals surface area contributed by atoms with Crippen molar-refractivity contribution >= 4 is 15.9 Å². The van der Waals surface area contributed by atoms with Gasteiger partial charge in [0, 0.05) is 29.5 Å².